The van der Waals surface area contributed by atoms with Crippen LogP contribution in [0.3, 0.4) is 0 Å². The Labute approximate surface area is 86.8 Å². The second-order valence-corrected chi connectivity index (χ2v) is 4.52. The summed E-state index contributed by atoms with van der Waals surface area (Å²) in [5.74, 6) is 0.327. The fourth-order valence-corrected chi connectivity index (χ4v) is 2.16. The molecule has 2 unspecified atom stereocenters. The Kier molecular flexibility index (Phi) is 2.32. The third-order valence-corrected chi connectivity index (χ3v) is 3.37. The first-order chi connectivity index (χ1) is 6.60. The zero-order chi connectivity index (χ0) is 10.2. The maximum absolute atomic E-state index is 5.51. The monoisotopic (exact) mass is 214 g/mol. The van der Waals surface area contributed by atoms with Gasteiger partial charge in [0.25, 0.3) is 0 Å². The molecule has 0 aliphatic carbocycles. The number of nitrogens with two attached hydrogens (primary N) is 1. The van der Waals surface area contributed by atoms with E-state index in [2.05, 4.69) is 28.5 Å². The molecule has 3 N–H and O–H groups in total. The van der Waals surface area contributed by atoms with Crippen LogP contribution in [0.15, 0.2) is 0 Å². The van der Waals surface area contributed by atoms with E-state index < -0.39 is 0 Å². The van der Waals surface area contributed by atoms with Gasteiger partial charge < -0.3 is 15.8 Å². The topological polar surface area (TPSA) is 73.1 Å². The van der Waals surface area contributed by atoms with E-state index in [4.69, 9.17) is 10.5 Å². The second kappa shape index (κ2) is 3.36. The van der Waals surface area contributed by atoms with Crippen molar-refractivity contribution in [2.75, 3.05) is 17.7 Å². The van der Waals surface area contributed by atoms with Gasteiger partial charge in [-0.15, -0.1) is 0 Å². The molecule has 1 saturated heterocycles. The van der Waals surface area contributed by atoms with E-state index in [9.17, 15) is 0 Å². The van der Waals surface area contributed by atoms with E-state index in [1.807, 2.05) is 0 Å². The lowest BCUT2D eigenvalue weighted by Crippen LogP contribution is -2.41. The maximum atomic E-state index is 5.51. The normalized spacial score (nSPS) is 32.0. The fourth-order valence-electron chi connectivity index (χ4n) is 1.53. The van der Waals surface area contributed by atoms with Crippen molar-refractivity contribution in [3.05, 3.63) is 0 Å². The predicted octanol–water partition coefficient (Wildman–Crippen LogP) is 1.10. The summed E-state index contributed by atoms with van der Waals surface area (Å²) < 4.78 is 9.43. The number of hydrogen-bond donors (Lipinski definition) is 2. The number of aromatic nitrogens is 2. The van der Waals surface area contributed by atoms with Gasteiger partial charge in [-0.1, -0.05) is 0 Å². The van der Waals surface area contributed by atoms with Gasteiger partial charge in [0.1, 0.15) is 0 Å². The molecule has 1 fully saturated rings. The lowest BCUT2D eigenvalue weighted by molar-refractivity contribution is 0.105. The Bertz CT molecular complexity index is 329. The van der Waals surface area contributed by atoms with Crippen LogP contribution in [0.25, 0.3) is 0 Å². The number of rotatable bonds is 2. The van der Waals surface area contributed by atoms with E-state index in [0.717, 1.165) is 18.2 Å². The lowest BCUT2D eigenvalue weighted by atomic mass is 9.95. The molecule has 78 valence electrons. The van der Waals surface area contributed by atoms with Crippen LogP contribution in [0.5, 0.6) is 0 Å². The van der Waals surface area contributed by atoms with Crippen LogP contribution in [0, 0.1) is 0 Å². The molecule has 2 rings (SSSR count). The molecule has 0 spiro atoms. The van der Waals surface area contributed by atoms with Crippen molar-refractivity contribution >= 4 is 22.6 Å². The molecular formula is C8H14N4OS. The van der Waals surface area contributed by atoms with Gasteiger partial charge in [0.15, 0.2) is 0 Å². The number of nitrogens with one attached hydrogen (secondary N) is 1. The molecule has 2 atom stereocenters. The number of anilines is 2. The molecule has 6 heteroatoms. The molecule has 5 nitrogen and oxygen atoms in total. The molecule has 0 radical (unpaired) electrons. The highest BCUT2D eigenvalue weighted by atomic mass is 32.1. The van der Waals surface area contributed by atoms with Crippen molar-refractivity contribution in [1.82, 2.24) is 9.36 Å². The van der Waals surface area contributed by atoms with Crippen LogP contribution in [0.1, 0.15) is 20.3 Å². The smallest absolute Gasteiger partial charge is 0.233 e. The highest BCUT2D eigenvalue weighted by Crippen LogP contribution is 2.30. The second-order valence-electron chi connectivity index (χ2n) is 3.76. The molecule has 1 aliphatic rings. The van der Waals surface area contributed by atoms with Crippen molar-refractivity contribution in [3.8, 4) is 0 Å². The zero-order valence-corrected chi connectivity index (χ0v) is 9.10. The summed E-state index contributed by atoms with van der Waals surface area (Å²) in [7, 11) is 0. The predicted molar refractivity (Wildman–Crippen MR) is 56.4 cm³/mol. The van der Waals surface area contributed by atoms with Gasteiger partial charge in [0.05, 0.1) is 11.6 Å². The number of nitrogen functional groups attached to an aromatic ring is 1. The summed E-state index contributed by atoms with van der Waals surface area (Å²) in [6, 6.07) is 0. The van der Waals surface area contributed by atoms with Gasteiger partial charge in [0, 0.05) is 18.1 Å². The summed E-state index contributed by atoms with van der Waals surface area (Å²) in [6.45, 7) is 4.98. The first kappa shape index (κ1) is 9.67. The number of ether oxygens (including phenoxy) is 1. The van der Waals surface area contributed by atoms with E-state index in [0.29, 0.717) is 5.95 Å². The molecule has 1 aromatic rings. The van der Waals surface area contributed by atoms with Crippen molar-refractivity contribution in [1.29, 1.82) is 0 Å². The van der Waals surface area contributed by atoms with E-state index in [1.54, 1.807) is 0 Å². The zero-order valence-electron chi connectivity index (χ0n) is 8.28. The van der Waals surface area contributed by atoms with Crippen molar-refractivity contribution < 1.29 is 4.74 Å². The van der Waals surface area contributed by atoms with Crippen LogP contribution >= 0.6 is 11.5 Å². The molecule has 1 aromatic heterocycles. The van der Waals surface area contributed by atoms with Crippen LogP contribution in [0.4, 0.5) is 11.1 Å². The average Bonchev–Trinajstić information content (AvgIpc) is 2.62. The number of hydrogen-bond acceptors (Lipinski definition) is 6. The molecule has 0 bridgehead atoms. The Morgan fingerprint density at radius 2 is 2.50 bits per heavy atom. The first-order valence-corrected chi connectivity index (χ1v) is 5.36. The van der Waals surface area contributed by atoms with Crippen molar-refractivity contribution in [3.63, 3.8) is 0 Å². The standard InChI is InChI=1S/C8H14N4OS/c1-5-8(2,3-4-13-5)11-7-10-6(9)12-14-7/h5H,3-4H2,1-2H3,(H3,9,10,11,12). The minimum atomic E-state index is -0.0496. The van der Waals surface area contributed by atoms with E-state index >= 15 is 0 Å². The average molecular weight is 214 g/mol. The largest absolute Gasteiger partial charge is 0.376 e. The van der Waals surface area contributed by atoms with Crippen LogP contribution in [0.2, 0.25) is 0 Å². The van der Waals surface area contributed by atoms with Crippen LogP contribution in [-0.4, -0.2) is 27.6 Å². The molecule has 0 aromatic carbocycles. The van der Waals surface area contributed by atoms with E-state index in [1.165, 1.54) is 11.5 Å². The SMILES string of the molecule is CC1OCCC1(C)Nc1nc(N)ns1. The van der Waals surface area contributed by atoms with Gasteiger partial charge in [-0.3, -0.25) is 0 Å². The first-order valence-electron chi connectivity index (χ1n) is 4.59. The Morgan fingerprint density at radius 3 is 3.00 bits per heavy atom. The van der Waals surface area contributed by atoms with E-state index in [-0.39, 0.29) is 11.6 Å². The molecule has 2 heterocycles. The molecule has 0 amide bonds. The third-order valence-electron chi connectivity index (χ3n) is 2.72. The number of nitrogens with zero attached hydrogens (tertiary/aromatic N) is 2. The summed E-state index contributed by atoms with van der Waals surface area (Å²) in [5.41, 5.74) is 5.40. The highest BCUT2D eigenvalue weighted by Gasteiger charge is 2.37. The van der Waals surface area contributed by atoms with Crippen LogP contribution < -0.4 is 11.1 Å². The Morgan fingerprint density at radius 1 is 1.71 bits per heavy atom. The highest BCUT2D eigenvalue weighted by molar-refractivity contribution is 7.09. The minimum Gasteiger partial charge on any atom is -0.376 e. The quantitative estimate of drug-likeness (QED) is 0.771. The lowest BCUT2D eigenvalue weighted by Gasteiger charge is -2.28. The third kappa shape index (κ3) is 1.67. The summed E-state index contributed by atoms with van der Waals surface area (Å²) in [5, 5.41) is 4.09. The Hall–Kier alpha value is -0.880. The molecular weight excluding hydrogens is 200 g/mol. The van der Waals surface area contributed by atoms with Gasteiger partial charge in [-0.25, -0.2) is 0 Å². The van der Waals surface area contributed by atoms with Crippen molar-refractivity contribution in [2.45, 2.75) is 31.9 Å². The minimum absolute atomic E-state index is 0.0496. The molecule has 1 aliphatic heterocycles. The fraction of sp³-hybridized carbons (Fsp3) is 0.750. The maximum Gasteiger partial charge on any atom is 0.233 e. The molecule has 14 heavy (non-hydrogen) atoms. The Balaban J connectivity index is 2.10. The van der Waals surface area contributed by atoms with Crippen LogP contribution in [-0.2, 0) is 4.74 Å². The molecule has 0 saturated carbocycles. The summed E-state index contributed by atoms with van der Waals surface area (Å²) >= 11 is 1.28. The summed E-state index contributed by atoms with van der Waals surface area (Å²) in [4.78, 5) is 4.07. The van der Waals surface area contributed by atoms with Gasteiger partial charge in [-0.2, -0.15) is 9.36 Å². The van der Waals surface area contributed by atoms with Gasteiger partial charge in [0.2, 0.25) is 11.1 Å². The van der Waals surface area contributed by atoms with Gasteiger partial charge in [-0.05, 0) is 20.3 Å². The van der Waals surface area contributed by atoms with Crippen molar-refractivity contribution in [2.24, 2.45) is 0 Å². The summed E-state index contributed by atoms with van der Waals surface area (Å²) in [6.07, 6.45) is 1.17. The van der Waals surface area contributed by atoms with Gasteiger partial charge >= 0.3 is 0 Å².